The fraction of sp³-hybridized carbons (Fsp3) is 0.600. The lowest BCUT2D eigenvalue weighted by Gasteiger charge is -2.31. The van der Waals surface area contributed by atoms with Crippen LogP contribution >= 0.6 is 12.2 Å². The molecule has 4 heteroatoms. The number of nitrogens with zero attached hydrogens (tertiary/aromatic N) is 2. The van der Waals surface area contributed by atoms with Crippen LogP contribution in [0.4, 0.5) is 0 Å². The van der Waals surface area contributed by atoms with Crippen molar-refractivity contribution in [3.05, 3.63) is 30.1 Å². The Morgan fingerprint density at radius 2 is 2.05 bits per heavy atom. The summed E-state index contributed by atoms with van der Waals surface area (Å²) >= 11 is 5.61. The lowest BCUT2D eigenvalue weighted by molar-refractivity contribution is 0.300. The van der Waals surface area contributed by atoms with Crippen molar-refractivity contribution in [2.45, 2.75) is 57.2 Å². The van der Waals surface area contributed by atoms with Gasteiger partial charge in [0.15, 0.2) is 5.11 Å². The molecule has 1 N–H and O–H groups in total. The van der Waals surface area contributed by atoms with Gasteiger partial charge in [-0.2, -0.15) is 0 Å². The van der Waals surface area contributed by atoms with Crippen LogP contribution in [0.15, 0.2) is 24.4 Å². The zero-order valence-electron chi connectivity index (χ0n) is 11.2. The summed E-state index contributed by atoms with van der Waals surface area (Å²) in [4.78, 5) is 6.80. The highest BCUT2D eigenvalue weighted by Crippen LogP contribution is 2.26. The third-order valence-corrected chi connectivity index (χ3v) is 4.34. The van der Waals surface area contributed by atoms with E-state index < -0.39 is 0 Å². The Bertz CT molecular complexity index is 424. The summed E-state index contributed by atoms with van der Waals surface area (Å²) in [7, 11) is 0. The van der Waals surface area contributed by atoms with E-state index in [4.69, 9.17) is 12.2 Å². The molecule has 0 amide bonds. The average molecular weight is 275 g/mol. The summed E-state index contributed by atoms with van der Waals surface area (Å²) in [6, 6.07) is 7.32. The van der Waals surface area contributed by atoms with Gasteiger partial charge in [0.1, 0.15) is 0 Å². The summed E-state index contributed by atoms with van der Waals surface area (Å²) in [6.07, 6.45) is 9.58. The van der Waals surface area contributed by atoms with E-state index in [-0.39, 0.29) is 0 Å². The first-order valence-electron chi connectivity index (χ1n) is 7.30. The molecule has 2 aliphatic rings. The molecule has 3 rings (SSSR count). The maximum absolute atomic E-state index is 5.61. The highest BCUT2D eigenvalue weighted by atomic mass is 32.1. The molecule has 0 unspecified atom stereocenters. The summed E-state index contributed by atoms with van der Waals surface area (Å²) < 4.78 is 0. The Morgan fingerprint density at radius 1 is 1.26 bits per heavy atom. The van der Waals surface area contributed by atoms with Crippen molar-refractivity contribution in [2.24, 2.45) is 0 Å². The second kappa shape index (κ2) is 5.87. The van der Waals surface area contributed by atoms with Gasteiger partial charge in [0.05, 0.1) is 12.2 Å². The molecule has 0 aromatic carbocycles. The molecule has 0 radical (unpaired) electrons. The first-order valence-corrected chi connectivity index (χ1v) is 7.71. The minimum absolute atomic E-state index is 0.598. The summed E-state index contributed by atoms with van der Waals surface area (Å²) in [5.74, 6) is 0. The normalized spacial score (nSPS) is 19.4. The minimum atomic E-state index is 0.598. The zero-order chi connectivity index (χ0) is 13.1. The molecule has 2 saturated carbocycles. The Morgan fingerprint density at radius 3 is 2.68 bits per heavy atom. The highest BCUT2D eigenvalue weighted by molar-refractivity contribution is 7.80. The number of pyridine rings is 1. The van der Waals surface area contributed by atoms with Gasteiger partial charge in [-0.25, -0.2) is 0 Å². The van der Waals surface area contributed by atoms with Crippen LogP contribution in [0, 0.1) is 0 Å². The highest BCUT2D eigenvalue weighted by Gasteiger charge is 2.28. The number of aromatic nitrogens is 1. The predicted molar refractivity (Wildman–Crippen MR) is 80.8 cm³/mol. The molecule has 3 nitrogen and oxygen atoms in total. The minimum Gasteiger partial charge on any atom is -0.360 e. The van der Waals surface area contributed by atoms with Crippen LogP contribution in [-0.2, 0) is 6.54 Å². The molecule has 1 heterocycles. The van der Waals surface area contributed by atoms with Gasteiger partial charge >= 0.3 is 0 Å². The molecule has 0 saturated heterocycles. The van der Waals surface area contributed by atoms with Crippen molar-refractivity contribution in [2.75, 3.05) is 0 Å². The van der Waals surface area contributed by atoms with E-state index in [0.29, 0.717) is 12.1 Å². The van der Waals surface area contributed by atoms with E-state index in [1.165, 1.54) is 38.5 Å². The molecule has 1 aromatic rings. The fourth-order valence-corrected chi connectivity index (χ4v) is 3.11. The van der Waals surface area contributed by atoms with Gasteiger partial charge in [-0.3, -0.25) is 4.98 Å². The summed E-state index contributed by atoms with van der Waals surface area (Å²) in [6.45, 7) is 0.837. The Hall–Kier alpha value is -1.16. The van der Waals surface area contributed by atoms with Crippen molar-refractivity contribution in [1.82, 2.24) is 15.2 Å². The monoisotopic (exact) mass is 275 g/mol. The number of hydrogen-bond acceptors (Lipinski definition) is 2. The number of nitrogens with one attached hydrogen (secondary N) is 1. The van der Waals surface area contributed by atoms with E-state index in [0.717, 1.165) is 17.4 Å². The molecule has 19 heavy (non-hydrogen) atoms. The maximum atomic E-state index is 5.61. The van der Waals surface area contributed by atoms with E-state index in [9.17, 15) is 0 Å². The molecule has 2 aliphatic carbocycles. The summed E-state index contributed by atoms with van der Waals surface area (Å²) in [5.41, 5.74) is 1.11. The van der Waals surface area contributed by atoms with Gasteiger partial charge in [-0.05, 0) is 50.0 Å². The van der Waals surface area contributed by atoms with Crippen LogP contribution in [-0.4, -0.2) is 27.1 Å². The third kappa shape index (κ3) is 3.44. The van der Waals surface area contributed by atoms with Crippen molar-refractivity contribution in [3.8, 4) is 0 Å². The Kier molecular flexibility index (Phi) is 3.97. The van der Waals surface area contributed by atoms with Crippen LogP contribution in [0.1, 0.15) is 44.2 Å². The molecule has 102 valence electrons. The molecule has 0 aliphatic heterocycles. The second-order valence-electron chi connectivity index (χ2n) is 5.61. The van der Waals surface area contributed by atoms with Crippen molar-refractivity contribution in [3.63, 3.8) is 0 Å². The average Bonchev–Trinajstić information content (AvgIpc) is 3.08. The zero-order valence-corrected chi connectivity index (χ0v) is 12.0. The molecule has 1 aromatic heterocycles. The van der Waals surface area contributed by atoms with E-state index in [2.05, 4.69) is 21.3 Å². The maximum Gasteiger partial charge on any atom is 0.169 e. The molecular weight excluding hydrogens is 254 g/mol. The SMILES string of the molecule is S=C(NC1CC1)N(Cc1ccccn1)C1CCCC1. The van der Waals surface area contributed by atoms with Gasteiger partial charge in [0.2, 0.25) is 0 Å². The van der Waals surface area contributed by atoms with Crippen LogP contribution < -0.4 is 5.32 Å². The lowest BCUT2D eigenvalue weighted by Crippen LogP contribution is -2.45. The third-order valence-electron chi connectivity index (χ3n) is 3.99. The molecule has 0 bridgehead atoms. The molecule has 0 spiro atoms. The van der Waals surface area contributed by atoms with Crippen molar-refractivity contribution >= 4 is 17.3 Å². The Balaban J connectivity index is 1.69. The number of hydrogen-bond donors (Lipinski definition) is 1. The van der Waals surface area contributed by atoms with Gasteiger partial charge in [-0.1, -0.05) is 18.9 Å². The van der Waals surface area contributed by atoms with Crippen molar-refractivity contribution in [1.29, 1.82) is 0 Å². The first-order chi connectivity index (χ1) is 9.33. The number of rotatable bonds is 4. The Labute approximate surface area is 120 Å². The van der Waals surface area contributed by atoms with Crippen molar-refractivity contribution < 1.29 is 0 Å². The van der Waals surface area contributed by atoms with E-state index >= 15 is 0 Å². The summed E-state index contributed by atoms with van der Waals surface area (Å²) in [5, 5.41) is 4.41. The topological polar surface area (TPSA) is 28.2 Å². The predicted octanol–water partition coefficient (Wildman–Crippen LogP) is 2.86. The molecule has 2 fully saturated rings. The fourth-order valence-electron chi connectivity index (χ4n) is 2.73. The van der Waals surface area contributed by atoms with Gasteiger partial charge < -0.3 is 10.2 Å². The van der Waals surface area contributed by atoms with Crippen LogP contribution in [0.25, 0.3) is 0 Å². The molecular formula is C15H21N3S. The largest absolute Gasteiger partial charge is 0.360 e. The van der Waals surface area contributed by atoms with Crippen LogP contribution in [0.2, 0.25) is 0 Å². The van der Waals surface area contributed by atoms with Crippen LogP contribution in [0.5, 0.6) is 0 Å². The van der Waals surface area contributed by atoms with E-state index in [1.54, 1.807) is 0 Å². The quantitative estimate of drug-likeness (QED) is 0.855. The van der Waals surface area contributed by atoms with Gasteiger partial charge in [0.25, 0.3) is 0 Å². The van der Waals surface area contributed by atoms with Gasteiger partial charge in [-0.15, -0.1) is 0 Å². The second-order valence-corrected chi connectivity index (χ2v) is 6.00. The molecule has 0 atom stereocenters. The van der Waals surface area contributed by atoms with Crippen LogP contribution in [0.3, 0.4) is 0 Å². The van der Waals surface area contributed by atoms with Gasteiger partial charge in [0, 0.05) is 18.3 Å². The smallest absolute Gasteiger partial charge is 0.169 e. The lowest BCUT2D eigenvalue weighted by atomic mass is 10.2. The first kappa shape index (κ1) is 12.9. The number of thiocarbonyl (C=S) groups is 1. The van der Waals surface area contributed by atoms with E-state index in [1.807, 2.05) is 18.3 Å². The standard InChI is InChI=1S/C15H21N3S/c19-15(17-12-8-9-12)18(14-6-1-2-7-14)11-13-5-3-4-10-16-13/h3-5,10,12,14H,1-2,6-9,11H2,(H,17,19).